The lowest BCUT2D eigenvalue weighted by atomic mass is 9.93. The van der Waals surface area contributed by atoms with Crippen molar-refractivity contribution in [2.75, 3.05) is 44.2 Å². The van der Waals surface area contributed by atoms with Crippen LogP contribution in [-0.4, -0.2) is 67.5 Å². The highest BCUT2D eigenvalue weighted by molar-refractivity contribution is 5.75. The first kappa shape index (κ1) is 27.0. The van der Waals surface area contributed by atoms with E-state index in [1.54, 1.807) is 9.80 Å². The van der Waals surface area contributed by atoms with Gasteiger partial charge in [0.05, 0.1) is 5.69 Å². The van der Waals surface area contributed by atoms with Gasteiger partial charge in [-0.15, -0.1) is 13.2 Å². The van der Waals surface area contributed by atoms with Gasteiger partial charge in [-0.25, -0.2) is 9.18 Å². The van der Waals surface area contributed by atoms with Crippen molar-refractivity contribution < 1.29 is 27.1 Å². The van der Waals surface area contributed by atoms with E-state index in [0.717, 1.165) is 51.0 Å². The Morgan fingerprint density at radius 1 is 1.05 bits per heavy atom. The number of likely N-dealkylation sites (tertiary alicyclic amines) is 1. The smallest absolute Gasteiger partial charge is 0.406 e. The zero-order valence-electron chi connectivity index (χ0n) is 21.0. The van der Waals surface area contributed by atoms with Crippen molar-refractivity contribution in [3.63, 3.8) is 0 Å². The average Bonchev–Trinajstić information content (AvgIpc) is 2.85. The van der Waals surface area contributed by atoms with E-state index in [1.165, 1.54) is 11.6 Å². The van der Waals surface area contributed by atoms with E-state index < -0.39 is 17.9 Å². The summed E-state index contributed by atoms with van der Waals surface area (Å²) in [7, 11) is 0. The molecule has 1 atom stereocenters. The summed E-state index contributed by atoms with van der Waals surface area (Å²) in [5.74, 6) is -0.794. The maximum atomic E-state index is 14.5. The van der Waals surface area contributed by atoms with Crippen molar-refractivity contribution in [1.29, 1.82) is 0 Å². The number of amides is 2. The van der Waals surface area contributed by atoms with Crippen LogP contribution in [0, 0.1) is 11.7 Å². The summed E-state index contributed by atoms with van der Waals surface area (Å²) in [5.41, 5.74) is 1.53. The summed E-state index contributed by atoms with van der Waals surface area (Å²) in [5, 5.41) is 3.03. The van der Waals surface area contributed by atoms with E-state index in [1.807, 2.05) is 13.0 Å². The predicted octanol–water partition coefficient (Wildman–Crippen LogP) is 5.25. The number of carbonyl (C=O) groups is 1. The number of urea groups is 1. The fourth-order valence-electron chi connectivity index (χ4n) is 5.18. The molecule has 2 aliphatic heterocycles. The van der Waals surface area contributed by atoms with Crippen LogP contribution >= 0.6 is 0 Å². The first-order valence-electron chi connectivity index (χ1n) is 12.8. The second kappa shape index (κ2) is 12.0. The van der Waals surface area contributed by atoms with Crippen molar-refractivity contribution in [3.05, 3.63) is 59.9 Å². The summed E-state index contributed by atoms with van der Waals surface area (Å²) < 4.78 is 55.4. The molecule has 2 saturated heterocycles. The number of piperazine rings is 1. The van der Waals surface area contributed by atoms with Crippen molar-refractivity contribution in [1.82, 2.24) is 15.1 Å². The van der Waals surface area contributed by atoms with Crippen LogP contribution in [0.5, 0.6) is 5.75 Å². The van der Waals surface area contributed by atoms with Gasteiger partial charge in [-0.05, 0) is 62.9 Å². The highest BCUT2D eigenvalue weighted by Crippen LogP contribution is 2.29. The third kappa shape index (κ3) is 7.74. The Kier molecular flexibility index (Phi) is 8.79. The highest BCUT2D eigenvalue weighted by atomic mass is 19.4. The molecule has 202 valence electrons. The number of ether oxygens (including phenoxy) is 1. The summed E-state index contributed by atoms with van der Waals surface area (Å²) in [4.78, 5) is 18.7. The quantitative estimate of drug-likeness (QED) is 0.505. The van der Waals surface area contributed by atoms with E-state index >= 15 is 0 Å². The number of carbonyl (C=O) groups excluding carboxylic acids is 1. The van der Waals surface area contributed by atoms with Crippen molar-refractivity contribution in [3.8, 4) is 5.75 Å². The number of nitrogens with zero attached hydrogens (tertiary/aromatic N) is 3. The number of benzene rings is 2. The lowest BCUT2D eigenvalue weighted by Crippen LogP contribution is -2.57. The van der Waals surface area contributed by atoms with Crippen molar-refractivity contribution in [2.24, 2.45) is 5.92 Å². The summed E-state index contributed by atoms with van der Waals surface area (Å²) >= 11 is 0. The van der Waals surface area contributed by atoms with Crippen LogP contribution in [0.15, 0.2) is 48.5 Å². The topological polar surface area (TPSA) is 48.1 Å². The molecule has 4 rings (SSSR count). The van der Waals surface area contributed by atoms with Gasteiger partial charge in [-0.3, -0.25) is 4.90 Å². The Labute approximate surface area is 215 Å². The average molecular weight is 523 g/mol. The summed E-state index contributed by atoms with van der Waals surface area (Å²) in [6.07, 6.45) is -1.69. The number of halogens is 4. The van der Waals surface area contributed by atoms with Gasteiger partial charge in [-0.2, -0.15) is 0 Å². The first-order valence-corrected chi connectivity index (χ1v) is 12.8. The fraction of sp³-hybridized carbons (Fsp3) is 0.519. The number of nitrogens with one attached hydrogen (secondary N) is 1. The van der Waals surface area contributed by atoms with Gasteiger partial charge in [0.2, 0.25) is 0 Å². The van der Waals surface area contributed by atoms with Gasteiger partial charge in [-0.1, -0.05) is 30.3 Å². The van der Waals surface area contributed by atoms with E-state index in [-0.39, 0.29) is 17.8 Å². The molecule has 37 heavy (non-hydrogen) atoms. The van der Waals surface area contributed by atoms with Crippen molar-refractivity contribution in [2.45, 2.75) is 45.1 Å². The highest BCUT2D eigenvalue weighted by Gasteiger charge is 2.32. The second-order valence-electron chi connectivity index (χ2n) is 9.88. The molecule has 2 fully saturated rings. The molecular weight excluding hydrogens is 488 g/mol. The minimum atomic E-state index is -4.87. The third-order valence-corrected chi connectivity index (χ3v) is 7.17. The summed E-state index contributed by atoms with van der Waals surface area (Å²) in [6.45, 7) is 6.75. The minimum Gasteiger partial charge on any atom is -0.406 e. The number of piperidine rings is 1. The van der Waals surface area contributed by atoms with E-state index in [9.17, 15) is 22.4 Å². The first-order chi connectivity index (χ1) is 17.7. The van der Waals surface area contributed by atoms with E-state index in [2.05, 4.69) is 39.2 Å². The molecular formula is C27H34F4N4O2. The lowest BCUT2D eigenvalue weighted by molar-refractivity contribution is -0.274. The monoisotopic (exact) mass is 522 g/mol. The maximum absolute atomic E-state index is 14.5. The SMILES string of the molecule is C[C@@H]1CN(c2ccc(OC(F)(F)F)cc2F)CCN1C(=O)NCCC1CCN(Cc2ccccc2)CC1. The van der Waals surface area contributed by atoms with Crippen molar-refractivity contribution >= 4 is 11.7 Å². The molecule has 6 nitrogen and oxygen atoms in total. The molecule has 0 bridgehead atoms. The second-order valence-corrected chi connectivity index (χ2v) is 9.88. The van der Waals surface area contributed by atoms with Crippen LogP contribution < -0.4 is 15.0 Å². The molecule has 1 N–H and O–H groups in total. The normalized spacial score (nSPS) is 19.6. The molecule has 0 aromatic heterocycles. The number of hydrogen-bond donors (Lipinski definition) is 1. The molecule has 2 amide bonds. The largest absolute Gasteiger partial charge is 0.573 e. The van der Waals surface area contributed by atoms with Crippen LogP contribution in [-0.2, 0) is 6.54 Å². The Morgan fingerprint density at radius 2 is 1.78 bits per heavy atom. The number of anilines is 1. The molecule has 0 spiro atoms. The number of hydrogen-bond acceptors (Lipinski definition) is 4. The Morgan fingerprint density at radius 3 is 2.43 bits per heavy atom. The van der Waals surface area contributed by atoms with Crippen LogP contribution in [0.4, 0.5) is 28.0 Å². The Hall–Kier alpha value is -3.01. The standard InChI is InChI=1S/C27H34F4N4O2/c1-20-18-34(25-8-7-23(17-24(25)28)37-27(29,30)31)15-16-35(20)26(36)32-12-9-21-10-13-33(14-11-21)19-22-5-3-2-4-6-22/h2-8,17,20-21H,9-16,18-19H2,1H3,(H,32,36)/t20-/m1/s1. The molecule has 2 heterocycles. The van der Waals surface area contributed by atoms with E-state index in [4.69, 9.17) is 0 Å². The Bertz CT molecular complexity index is 1030. The van der Waals surface area contributed by atoms with Gasteiger partial charge in [0, 0.05) is 44.8 Å². The molecule has 2 aromatic rings. The molecule has 2 aliphatic rings. The van der Waals surface area contributed by atoms with Crippen LogP contribution in [0.1, 0.15) is 31.7 Å². The van der Waals surface area contributed by atoms with Gasteiger partial charge >= 0.3 is 12.4 Å². The third-order valence-electron chi connectivity index (χ3n) is 7.17. The van der Waals surface area contributed by atoms with Crippen LogP contribution in [0.2, 0.25) is 0 Å². The zero-order valence-corrected chi connectivity index (χ0v) is 21.0. The van der Waals surface area contributed by atoms with E-state index in [0.29, 0.717) is 32.1 Å². The molecule has 2 aromatic carbocycles. The molecule has 10 heteroatoms. The molecule has 0 radical (unpaired) electrons. The maximum Gasteiger partial charge on any atom is 0.573 e. The van der Waals surface area contributed by atoms with Crippen LogP contribution in [0.25, 0.3) is 0 Å². The molecule has 0 aliphatic carbocycles. The van der Waals surface area contributed by atoms with Gasteiger partial charge in [0.25, 0.3) is 0 Å². The minimum absolute atomic E-state index is 0.136. The Balaban J connectivity index is 1.18. The zero-order chi connectivity index (χ0) is 26.4. The number of alkyl halides is 3. The van der Waals surface area contributed by atoms with Gasteiger partial charge in [0.15, 0.2) is 0 Å². The summed E-state index contributed by atoms with van der Waals surface area (Å²) in [6, 6.07) is 13.3. The van der Waals surface area contributed by atoms with Crippen LogP contribution in [0.3, 0.4) is 0 Å². The lowest BCUT2D eigenvalue weighted by Gasteiger charge is -2.41. The van der Waals surface area contributed by atoms with Gasteiger partial charge in [0.1, 0.15) is 11.6 Å². The molecule has 0 saturated carbocycles. The molecule has 0 unspecified atom stereocenters. The number of rotatable bonds is 7. The van der Waals surface area contributed by atoms with Gasteiger partial charge < -0.3 is 19.9 Å². The fourth-order valence-corrected chi connectivity index (χ4v) is 5.18. The predicted molar refractivity (Wildman–Crippen MR) is 134 cm³/mol.